The average Bonchev–Trinajstić information content (AvgIpc) is 2.63. The number of benzene rings is 2. The molecule has 0 unspecified atom stereocenters. The van der Waals surface area contributed by atoms with Crippen molar-refractivity contribution in [2.75, 3.05) is 5.32 Å². The minimum Gasteiger partial charge on any atom is -0.505 e. The van der Waals surface area contributed by atoms with Crippen LogP contribution in [0.5, 0.6) is 5.75 Å². The smallest absolute Gasteiger partial charge is 0.294 e. The number of amides is 1. The lowest BCUT2D eigenvalue weighted by Crippen LogP contribution is -2.25. The first kappa shape index (κ1) is 19.1. The van der Waals surface area contributed by atoms with Crippen molar-refractivity contribution in [1.82, 2.24) is 9.78 Å². The molecule has 0 aliphatic rings. The minimum absolute atomic E-state index is 0.124. The van der Waals surface area contributed by atoms with E-state index in [4.69, 9.17) is 11.6 Å². The average molecular weight is 401 g/mol. The number of nitrogens with one attached hydrogen (secondary N) is 1. The van der Waals surface area contributed by atoms with Crippen LogP contribution in [0.25, 0.3) is 5.69 Å². The molecule has 142 valence electrons. The molecule has 0 spiro atoms. The third kappa shape index (κ3) is 3.84. The molecule has 1 aromatic heterocycles. The maximum Gasteiger partial charge on any atom is 0.294 e. The van der Waals surface area contributed by atoms with E-state index in [1.807, 2.05) is 13.0 Å². The molecular weight excluding hydrogens is 388 g/mol. The number of aromatic nitrogens is 2. The molecule has 0 bridgehead atoms. The Morgan fingerprint density at radius 2 is 2.00 bits per heavy atom. The molecule has 10 heteroatoms. The number of aromatic hydroxyl groups is 1. The highest BCUT2D eigenvalue weighted by molar-refractivity contribution is 6.31. The van der Waals surface area contributed by atoms with Gasteiger partial charge in [0.05, 0.1) is 10.6 Å². The van der Waals surface area contributed by atoms with E-state index in [2.05, 4.69) is 10.4 Å². The summed E-state index contributed by atoms with van der Waals surface area (Å²) in [7, 11) is 0. The summed E-state index contributed by atoms with van der Waals surface area (Å²) >= 11 is 5.75. The number of anilines is 1. The van der Waals surface area contributed by atoms with E-state index < -0.39 is 33.5 Å². The van der Waals surface area contributed by atoms with E-state index in [1.165, 1.54) is 12.1 Å². The molecule has 28 heavy (non-hydrogen) atoms. The van der Waals surface area contributed by atoms with Gasteiger partial charge in [-0.15, -0.1) is 0 Å². The quantitative estimate of drug-likeness (QED) is 0.511. The summed E-state index contributed by atoms with van der Waals surface area (Å²) in [6.45, 7) is 1.82. The Morgan fingerprint density at radius 1 is 1.25 bits per heavy atom. The van der Waals surface area contributed by atoms with Gasteiger partial charge < -0.3 is 10.4 Å². The second-order valence-electron chi connectivity index (χ2n) is 5.84. The zero-order chi connectivity index (χ0) is 20.4. The molecule has 1 amide bonds. The standard InChI is InChI=1S/C18H13ClN4O5/c1-10-3-2-4-12(7-10)22-16(25)9-15(24)17(21-22)18(26)20-13-6-5-11(19)8-14(13)23(27)28/h2-9,24H,1H3,(H,20,26). The summed E-state index contributed by atoms with van der Waals surface area (Å²) in [5, 5.41) is 27.5. The molecule has 2 N–H and O–H groups in total. The van der Waals surface area contributed by atoms with E-state index >= 15 is 0 Å². The number of carbonyl (C=O) groups is 1. The van der Waals surface area contributed by atoms with Crippen molar-refractivity contribution in [3.63, 3.8) is 0 Å². The van der Waals surface area contributed by atoms with Gasteiger partial charge in [0.25, 0.3) is 17.2 Å². The number of carbonyl (C=O) groups excluding carboxylic acids is 1. The van der Waals surface area contributed by atoms with Crippen LogP contribution in [0.1, 0.15) is 16.1 Å². The lowest BCUT2D eigenvalue weighted by atomic mass is 10.2. The van der Waals surface area contributed by atoms with E-state index in [0.717, 1.165) is 22.4 Å². The molecule has 0 saturated heterocycles. The highest BCUT2D eigenvalue weighted by Crippen LogP contribution is 2.28. The fraction of sp³-hybridized carbons (Fsp3) is 0.0556. The highest BCUT2D eigenvalue weighted by atomic mass is 35.5. The summed E-state index contributed by atoms with van der Waals surface area (Å²) in [4.78, 5) is 35.2. The third-order valence-electron chi connectivity index (χ3n) is 3.78. The SMILES string of the molecule is Cc1cccc(-n2nc(C(=O)Nc3ccc(Cl)cc3[N+](=O)[O-])c(O)cc2=O)c1. The van der Waals surface area contributed by atoms with Crippen molar-refractivity contribution >= 4 is 28.9 Å². The van der Waals surface area contributed by atoms with E-state index in [0.29, 0.717) is 5.69 Å². The number of hydrogen-bond donors (Lipinski definition) is 2. The van der Waals surface area contributed by atoms with Crippen LogP contribution < -0.4 is 10.9 Å². The van der Waals surface area contributed by atoms with E-state index in [9.17, 15) is 24.8 Å². The Kier molecular flexibility index (Phi) is 5.10. The number of aryl methyl sites for hydroxylation is 1. The van der Waals surface area contributed by atoms with Gasteiger partial charge in [0.2, 0.25) is 0 Å². The van der Waals surface area contributed by atoms with Crippen LogP contribution in [-0.2, 0) is 0 Å². The Hall–Kier alpha value is -3.72. The molecule has 0 atom stereocenters. The van der Waals surface area contributed by atoms with Gasteiger partial charge in [0.1, 0.15) is 5.69 Å². The molecule has 0 aliphatic heterocycles. The number of hydrogen-bond acceptors (Lipinski definition) is 6. The van der Waals surface area contributed by atoms with Gasteiger partial charge in [0, 0.05) is 17.2 Å². The van der Waals surface area contributed by atoms with Gasteiger partial charge in [0.15, 0.2) is 11.4 Å². The second kappa shape index (κ2) is 7.49. The highest BCUT2D eigenvalue weighted by Gasteiger charge is 2.21. The topological polar surface area (TPSA) is 127 Å². The normalized spacial score (nSPS) is 10.5. The van der Waals surface area contributed by atoms with Crippen LogP contribution in [0.2, 0.25) is 5.02 Å². The number of halogens is 1. The van der Waals surface area contributed by atoms with Crippen LogP contribution in [-0.4, -0.2) is 25.7 Å². The molecule has 2 aromatic carbocycles. The van der Waals surface area contributed by atoms with Gasteiger partial charge >= 0.3 is 0 Å². The Bertz CT molecular complexity index is 1160. The Morgan fingerprint density at radius 3 is 2.68 bits per heavy atom. The first-order valence-corrected chi connectivity index (χ1v) is 8.30. The molecule has 1 heterocycles. The van der Waals surface area contributed by atoms with Crippen molar-refractivity contribution in [2.45, 2.75) is 6.92 Å². The predicted molar refractivity (Wildman–Crippen MR) is 102 cm³/mol. The maximum absolute atomic E-state index is 12.6. The monoisotopic (exact) mass is 400 g/mol. The zero-order valence-corrected chi connectivity index (χ0v) is 15.2. The molecule has 3 rings (SSSR count). The summed E-state index contributed by atoms with van der Waals surface area (Å²) in [5.74, 6) is -1.58. The molecular formula is C18H13ClN4O5. The van der Waals surface area contributed by atoms with E-state index in [-0.39, 0.29) is 10.7 Å². The van der Waals surface area contributed by atoms with Crippen LogP contribution in [0.4, 0.5) is 11.4 Å². The number of nitrogens with zero attached hydrogens (tertiary/aromatic N) is 3. The molecule has 0 fully saturated rings. The Balaban J connectivity index is 2.03. The lowest BCUT2D eigenvalue weighted by molar-refractivity contribution is -0.383. The minimum atomic E-state index is -0.927. The molecule has 0 saturated carbocycles. The third-order valence-corrected chi connectivity index (χ3v) is 4.01. The molecule has 0 radical (unpaired) electrons. The first-order valence-electron chi connectivity index (χ1n) is 7.92. The fourth-order valence-corrected chi connectivity index (χ4v) is 2.66. The molecule has 9 nitrogen and oxygen atoms in total. The van der Waals surface area contributed by atoms with Crippen LogP contribution >= 0.6 is 11.6 Å². The van der Waals surface area contributed by atoms with Gasteiger partial charge in [-0.1, -0.05) is 23.7 Å². The summed E-state index contributed by atoms with van der Waals surface area (Å²) in [6, 6.07) is 11.4. The van der Waals surface area contributed by atoms with Crippen molar-refractivity contribution in [2.24, 2.45) is 0 Å². The first-order chi connectivity index (χ1) is 13.3. The number of rotatable bonds is 4. The predicted octanol–water partition coefficient (Wildman–Crippen LogP) is 3.06. The van der Waals surface area contributed by atoms with E-state index in [1.54, 1.807) is 18.2 Å². The lowest BCUT2D eigenvalue weighted by Gasteiger charge is -2.10. The van der Waals surface area contributed by atoms with Crippen LogP contribution in [0.15, 0.2) is 53.3 Å². The van der Waals surface area contributed by atoms with Crippen molar-refractivity contribution < 1.29 is 14.8 Å². The van der Waals surface area contributed by atoms with Crippen molar-refractivity contribution in [1.29, 1.82) is 0 Å². The van der Waals surface area contributed by atoms with Crippen LogP contribution in [0.3, 0.4) is 0 Å². The molecule has 3 aromatic rings. The van der Waals surface area contributed by atoms with Gasteiger partial charge in [-0.2, -0.15) is 9.78 Å². The molecule has 0 aliphatic carbocycles. The van der Waals surface area contributed by atoms with Crippen molar-refractivity contribution in [3.8, 4) is 11.4 Å². The summed E-state index contributed by atoms with van der Waals surface area (Å²) in [6.07, 6.45) is 0. The van der Waals surface area contributed by atoms with Crippen molar-refractivity contribution in [3.05, 3.63) is 85.3 Å². The largest absolute Gasteiger partial charge is 0.505 e. The Labute approximate surface area is 163 Å². The zero-order valence-electron chi connectivity index (χ0n) is 14.4. The van der Waals surface area contributed by atoms with Gasteiger partial charge in [-0.05, 0) is 36.8 Å². The fourth-order valence-electron chi connectivity index (χ4n) is 2.50. The number of nitro benzene ring substituents is 1. The van der Waals surface area contributed by atoms with Gasteiger partial charge in [-0.3, -0.25) is 19.7 Å². The van der Waals surface area contributed by atoms with Crippen LogP contribution in [0, 0.1) is 17.0 Å². The maximum atomic E-state index is 12.6. The second-order valence-corrected chi connectivity index (χ2v) is 6.28. The summed E-state index contributed by atoms with van der Waals surface area (Å²) < 4.78 is 0.956. The van der Waals surface area contributed by atoms with Gasteiger partial charge in [-0.25, -0.2) is 0 Å². The number of nitro groups is 1. The summed E-state index contributed by atoms with van der Waals surface area (Å²) in [5.41, 5.74) is -0.401.